The van der Waals surface area contributed by atoms with Crippen molar-refractivity contribution in [3.05, 3.63) is 22.8 Å². The molecule has 0 atom stereocenters. The molecular weight excluding hydrogens is 276 g/mol. The Morgan fingerprint density at radius 2 is 2.18 bits per heavy atom. The van der Waals surface area contributed by atoms with E-state index in [4.69, 9.17) is 0 Å². The van der Waals surface area contributed by atoms with Crippen molar-refractivity contribution in [3.8, 4) is 11.8 Å². The van der Waals surface area contributed by atoms with Crippen LogP contribution in [0.15, 0.2) is 22.8 Å². The average molecular weight is 295 g/mol. The van der Waals surface area contributed by atoms with Crippen LogP contribution in [0.25, 0.3) is 0 Å². The summed E-state index contributed by atoms with van der Waals surface area (Å²) < 4.78 is 0. The van der Waals surface area contributed by atoms with E-state index in [1.54, 1.807) is 0 Å². The van der Waals surface area contributed by atoms with Gasteiger partial charge in [0.1, 0.15) is 0 Å². The molecule has 1 aliphatic carbocycles. The largest absolute Gasteiger partial charge is 0.295 e. The van der Waals surface area contributed by atoms with E-state index in [0.29, 0.717) is 6.42 Å². The third-order valence-corrected chi connectivity index (χ3v) is 3.54. The zero-order chi connectivity index (χ0) is 13.1. The molecule has 17 heavy (non-hydrogen) atoms. The van der Waals surface area contributed by atoms with Crippen LogP contribution in [0.5, 0.6) is 0 Å². The second kappa shape index (κ2) is 5.69. The summed E-state index contributed by atoms with van der Waals surface area (Å²) in [5, 5.41) is 0.813. The number of allylic oxidation sites excluding steroid dienone is 4. The summed E-state index contributed by atoms with van der Waals surface area (Å²) in [4.78, 5) is 11.7. The molecule has 92 valence electrons. The molecule has 0 fully saturated rings. The molecular formula is C15H19BrO. The lowest BCUT2D eigenvalue weighted by Crippen LogP contribution is -2.24. The second-order valence-electron chi connectivity index (χ2n) is 5.10. The third kappa shape index (κ3) is 3.57. The van der Waals surface area contributed by atoms with Crippen molar-refractivity contribution >= 4 is 21.7 Å². The minimum atomic E-state index is 0.0275. The number of hydrogen-bond acceptors (Lipinski definition) is 1. The van der Waals surface area contributed by atoms with Crippen LogP contribution in [0.3, 0.4) is 0 Å². The molecule has 1 nitrogen and oxygen atoms in total. The summed E-state index contributed by atoms with van der Waals surface area (Å²) in [5.41, 5.74) is 2.92. The van der Waals surface area contributed by atoms with Gasteiger partial charge in [-0.3, -0.25) is 4.79 Å². The van der Waals surface area contributed by atoms with Gasteiger partial charge in [-0.05, 0) is 31.3 Å². The van der Waals surface area contributed by atoms with Gasteiger partial charge in [-0.15, -0.1) is 0 Å². The quantitative estimate of drug-likeness (QED) is 0.527. The van der Waals surface area contributed by atoms with Crippen LogP contribution in [0.2, 0.25) is 0 Å². The van der Waals surface area contributed by atoms with Crippen LogP contribution in [0.1, 0.15) is 40.5 Å². The predicted molar refractivity (Wildman–Crippen MR) is 76.0 cm³/mol. The Hall–Kier alpha value is -0.810. The number of carbonyl (C=O) groups is 1. The Kier molecular flexibility index (Phi) is 4.77. The maximum absolute atomic E-state index is 11.7. The number of ketones is 1. The van der Waals surface area contributed by atoms with Gasteiger partial charge in [-0.25, -0.2) is 0 Å². The molecule has 0 saturated carbocycles. The van der Waals surface area contributed by atoms with E-state index in [-0.39, 0.29) is 11.2 Å². The van der Waals surface area contributed by atoms with Crippen molar-refractivity contribution in [2.45, 2.75) is 40.5 Å². The highest BCUT2D eigenvalue weighted by Gasteiger charge is 2.31. The van der Waals surface area contributed by atoms with Gasteiger partial charge >= 0.3 is 0 Å². The number of Topliss-reactive ketones (excluding diaryl/α,β-unsaturated/α-hetero) is 1. The smallest absolute Gasteiger partial charge is 0.159 e. The standard InChI is InChI=1S/C15H19BrO/c1-11(8-10-16)5-6-13-12(2)14(17)7-9-15(13,3)4/h8H,7,9-10H2,1-4H3/b11-8+. The fourth-order valence-corrected chi connectivity index (χ4v) is 2.46. The van der Waals surface area contributed by atoms with Crippen molar-refractivity contribution < 1.29 is 4.79 Å². The Morgan fingerprint density at radius 3 is 2.76 bits per heavy atom. The van der Waals surface area contributed by atoms with Crippen LogP contribution >= 0.6 is 15.9 Å². The summed E-state index contributed by atoms with van der Waals surface area (Å²) in [7, 11) is 0. The van der Waals surface area contributed by atoms with Crippen molar-refractivity contribution in [1.82, 2.24) is 0 Å². The molecule has 0 aromatic carbocycles. The van der Waals surface area contributed by atoms with E-state index in [1.165, 1.54) is 0 Å². The molecule has 1 aliphatic rings. The van der Waals surface area contributed by atoms with Crippen molar-refractivity contribution in [3.63, 3.8) is 0 Å². The number of hydrogen-bond donors (Lipinski definition) is 0. The summed E-state index contributed by atoms with van der Waals surface area (Å²) >= 11 is 3.35. The molecule has 0 spiro atoms. The molecule has 0 aromatic rings. The highest BCUT2D eigenvalue weighted by molar-refractivity contribution is 9.09. The molecule has 0 aromatic heterocycles. The molecule has 1 rings (SSSR count). The lowest BCUT2D eigenvalue weighted by molar-refractivity contribution is -0.116. The first-order valence-electron chi connectivity index (χ1n) is 5.88. The van der Waals surface area contributed by atoms with Gasteiger partial charge < -0.3 is 0 Å². The zero-order valence-electron chi connectivity index (χ0n) is 11.0. The fourth-order valence-electron chi connectivity index (χ4n) is 1.98. The molecule has 0 bridgehead atoms. The first-order valence-corrected chi connectivity index (χ1v) is 7.00. The van der Waals surface area contributed by atoms with E-state index >= 15 is 0 Å². The van der Waals surface area contributed by atoms with E-state index in [1.807, 2.05) is 19.9 Å². The molecule has 0 aliphatic heterocycles. The lowest BCUT2D eigenvalue weighted by Gasteiger charge is -2.30. The number of halogens is 1. The summed E-state index contributed by atoms with van der Waals surface area (Å²) in [6, 6.07) is 0. The van der Waals surface area contributed by atoms with Crippen LogP contribution in [-0.2, 0) is 4.79 Å². The minimum Gasteiger partial charge on any atom is -0.295 e. The predicted octanol–water partition coefficient (Wildman–Crippen LogP) is 4.04. The van der Waals surface area contributed by atoms with Gasteiger partial charge in [0.05, 0.1) is 0 Å². The van der Waals surface area contributed by atoms with E-state index in [9.17, 15) is 4.79 Å². The third-order valence-electron chi connectivity index (χ3n) is 3.22. The van der Waals surface area contributed by atoms with Gasteiger partial charge in [-0.1, -0.05) is 47.7 Å². The Morgan fingerprint density at radius 1 is 1.53 bits per heavy atom. The Balaban J connectivity index is 3.12. The molecule has 2 heteroatoms. The van der Waals surface area contributed by atoms with Gasteiger partial charge in [0, 0.05) is 22.9 Å². The van der Waals surface area contributed by atoms with Gasteiger partial charge in [0.2, 0.25) is 0 Å². The Bertz CT molecular complexity index is 441. The van der Waals surface area contributed by atoms with Crippen LogP contribution in [0, 0.1) is 17.3 Å². The van der Waals surface area contributed by atoms with Gasteiger partial charge in [-0.2, -0.15) is 0 Å². The maximum atomic E-state index is 11.7. The van der Waals surface area contributed by atoms with Crippen LogP contribution < -0.4 is 0 Å². The van der Waals surface area contributed by atoms with Crippen molar-refractivity contribution in [1.29, 1.82) is 0 Å². The minimum absolute atomic E-state index is 0.0275. The average Bonchev–Trinajstić information content (AvgIpc) is 2.24. The SMILES string of the molecule is CC1=C(C#C/C(C)=C/CBr)C(C)(C)CCC1=O. The molecule has 0 heterocycles. The van der Waals surface area contributed by atoms with Crippen molar-refractivity contribution in [2.24, 2.45) is 5.41 Å². The molecule has 0 saturated heterocycles. The highest BCUT2D eigenvalue weighted by Crippen LogP contribution is 2.38. The first kappa shape index (κ1) is 14.3. The fraction of sp³-hybridized carbons (Fsp3) is 0.533. The molecule has 0 N–H and O–H groups in total. The summed E-state index contributed by atoms with van der Waals surface area (Å²) in [6.45, 7) is 8.21. The van der Waals surface area contributed by atoms with E-state index < -0.39 is 0 Å². The highest BCUT2D eigenvalue weighted by atomic mass is 79.9. The van der Waals surface area contributed by atoms with Gasteiger partial charge in [0.15, 0.2) is 5.78 Å². The van der Waals surface area contributed by atoms with E-state index in [2.05, 4.69) is 41.6 Å². The first-order chi connectivity index (χ1) is 7.88. The van der Waals surface area contributed by atoms with Gasteiger partial charge in [0.25, 0.3) is 0 Å². The maximum Gasteiger partial charge on any atom is 0.159 e. The Labute approximate surface area is 112 Å². The summed E-state index contributed by atoms with van der Waals surface area (Å²) in [5.74, 6) is 6.57. The lowest BCUT2D eigenvalue weighted by atomic mass is 9.72. The molecule has 0 unspecified atom stereocenters. The number of alkyl halides is 1. The van der Waals surface area contributed by atoms with Crippen molar-refractivity contribution in [2.75, 3.05) is 5.33 Å². The normalized spacial score (nSPS) is 20.1. The van der Waals surface area contributed by atoms with E-state index in [0.717, 1.165) is 28.5 Å². The zero-order valence-corrected chi connectivity index (χ0v) is 12.6. The topological polar surface area (TPSA) is 17.1 Å². The molecule has 0 radical (unpaired) electrons. The van der Waals surface area contributed by atoms with Crippen LogP contribution in [-0.4, -0.2) is 11.1 Å². The van der Waals surface area contributed by atoms with Crippen LogP contribution in [0.4, 0.5) is 0 Å². The number of rotatable bonds is 1. The second-order valence-corrected chi connectivity index (χ2v) is 5.75. The molecule has 0 amide bonds. The monoisotopic (exact) mass is 294 g/mol. The summed E-state index contributed by atoms with van der Waals surface area (Å²) in [6.07, 6.45) is 3.58. The number of carbonyl (C=O) groups excluding carboxylic acids is 1.